The van der Waals surface area contributed by atoms with E-state index in [0.717, 1.165) is 28.2 Å². The molecule has 1 aromatic carbocycles. The van der Waals surface area contributed by atoms with Gasteiger partial charge in [0.15, 0.2) is 10.3 Å². The zero-order valence-electron chi connectivity index (χ0n) is 12.5. The van der Waals surface area contributed by atoms with Crippen LogP contribution in [-0.4, -0.2) is 15.0 Å². The largest absolute Gasteiger partial charge is 0.436 e. The van der Waals surface area contributed by atoms with Crippen molar-refractivity contribution in [1.82, 2.24) is 15.0 Å². The van der Waals surface area contributed by atoms with E-state index >= 15 is 0 Å². The molecule has 0 atom stereocenters. The number of rotatable bonds is 3. The Bertz CT molecular complexity index is 872. The van der Waals surface area contributed by atoms with Gasteiger partial charge in [0.2, 0.25) is 5.88 Å². The molecular formula is C16H14N4OS. The highest BCUT2D eigenvalue weighted by Crippen LogP contribution is 2.32. The molecule has 0 radical (unpaired) electrons. The first-order valence-electron chi connectivity index (χ1n) is 6.91. The molecule has 0 N–H and O–H groups in total. The molecule has 110 valence electrons. The molecule has 0 fully saturated rings. The summed E-state index contributed by atoms with van der Waals surface area (Å²) in [5, 5.41) is 9.03. The first-order valence-corrected chi connectivity index (χ1v) is 7.79. The van der Waals surface area contributed by atoms with E-state index in [1.165, 1.54) is 11.3 Å². The summed E-state index contributed by atoms with van der Waals surface area (Å²) >= 11 is 1.47. The smallest absolute Gasteiger partial charge is 0.250 e. The lowest BCUT2D eigenvalue weighted by Gasteiger charge is -2.12. The van der Waals surface area contributed by atoms with E-state index in [2.05, 4.69) is 21.0 Å². The average molecular weight is 310 g/mol. The normalized spacial score (nSPS) is 10.6. The number of hydrogen-bond acceptors (Lipinski definition) is 6. The van der Waals surface area contributed by atoms with E-state index in [1.807, 2.05) is 32.9 Å². The van der Waals surface area contributed by atoms with Crippen LogP contribution >= 0.6 is 11.3 Å². The number of aromatic nitrogens is 3. The molecule has 0 spiro atoms. The van der Waals surface area contributed by atoms with Gasteiger partial charge < -0.3 is 4.74 Å². The molecule has 0 aliphatic rings. The van der Waals surface area contributed by atoms with E-state index in [4.69, 9.17) is 10.00 Å². The highest BCUT2D eigenvalue weighted by molar-refractivity contribution is 7.16. The molecule has 6 heteroatoms. The maximum absolute atomic E-state index is 9.03. The highest BCUT2D eigenvalue weighted by Gasteiger charge is 2.15. The summed E-state index contributed by atoms with van der Waals surface area (Å²) in [4.78, 5) is 14.0. The van der Waals surface area contributed by atoms with E-state index in [0.29, 0.717) is 22.7 Å². The van der Waals surface area contributed by atoms with Gasteiger partial charge in [0.25, 0.3) is 0 Å². The standard InChI is InChI=1S/C16H14N4OS/c1-4-12-19-15(13-16(20-12)22-8-18-13)21-14-9(2)5-11(7-17)6-10(14)3/h5-6,8H,4H2,1-3H3. The molecule has 0 saturated carbocycles. The molecule has 2 aromatic heterocycles. The monoisotopic (exact) mass is 310 g/mol. The second-order valence-electron chi connectivity index (χ2n) is 4.96. The number of nitriles is 1. The Balaban J connectivity index is 2.11. The van der Waals surface area contributed by atoms with Crippen molar-refractivity contribution in [2.45, 2.75) is 27.2 Å². The van der Waals surface area contributed by atoms with Gasteiger partial charge in [-0.2, -0.15) is 10.2 Å². The first kappa shape index (κ1) is 14.4. The van der Waals surface area contributed by atoms with Gasteiger partial charge in [-0.05, 0) is 37.1 Å². The third kappa shape index (κ3) is 2.51. The van der Waals surface area contributed by atoms with Gasteiger partial charge in [-0.3, -0.25) is 0 Å². The van der Waals surface area contributed by atoms with Crippen molar-refractivity contribution in [3.05, 3.63) is 40.2 Å². The molecule has 2 heterocycles. The zero-order chi connectivity index (χ0) is 15.7. The van der Waals surface area contributed by atoms with Gasteiger partial charge >= 0.3 is 0 Å². The van der Waals surface area contributed by atoms with E-state index < -0.39 is 0 Å². The molecule has 0 aliphatic heterocycles. The second kappa shape index (κ2) is 5.70. The van der Waals surface area contributed by atoms with Gasteiger partial charge in [-0.25, -0.2) is 9.97 Å². The van der Waals surface area contributed by atoms with Crippen molar-refractivity contribution in [2.75, 3.05) is 0 Å². The van der Waals surface area contributed by atoms with Crippen LogP contribution in [0.5, 0.6) is 11.6 Å². The third-order valence-electron chi connectivity index (χ3n) is 3.32. The fourth-order valence-electron chi connectivity index (χ4n) is 2.28. The van der Waals surface area contributed by atoms with Crippen LogP contribution in [0.2, 0.25) is 0 Å². The summed E-state index contributed by atoms with van der Waals surface area (Å²) in [7, 11) is 0. The fraction of sp³-hybridized carbons (Fsp3) is 0.250. The van der Waals surface area contributed by atoms with E-state index in [9.17, 15) is 0 Å². The SMILES string of the molecule is CCc1nc(Oc2c(C)cc(C#N)cc2C)c2ncsc2n1. The van der Waals surface area contributed by atoms with E-state index in [1.54, 1.807) is 5.51 Å². The lowest BCUT2D eigenvalue weighted by molar-refractivity contribution is 0.457. The molecular weight excluding hydrogens is 296 g/mol. The van der Waals surface area contributed by atoms with Crippen molar-refractivity contribution < 1.29 is 4.74 Å². The van der Waals surface area contributed by atoms with Crippen LogP contribution in [0.15, 0.2) is 17.6 Å². The Morgan fingerprint density at radius 3 is 2.59 bits per heavy atom. The third-order valence-corrected chi connectivity index (χ3v) is 4.04. The van der Waals surface area contributed by atoms with Crippen LogP contribution in [0.25, 0.3) is 10.3 Å². The quantitative estimate of drug-likeness (QED) is 0.733. The van der Waals surface area contributed by atoms with Crippen LogP contribution in [0.1, 0.15) is 29.4 Å². The van der Waals surface area contributed by atoms with Crippen LogP contribution in [0, 0.1) is 25.2 Å². The maximum Gasteiger partial charge on any atom is 0.250 e. The lowest BCUT2D eigenvalue weighted by atomic mass is 10.1. The van der Waals surface area contributed by atoms with Crippen molar-refractivity contribution in [3.8, 4) is 17.7 Å². The molecule has 3 rings (SSSR count). The predicted octanol–water partition coefficient (Wildman–Crippen LogP) is 3.93. The fourth-order valence-corrected chi connectivity index (χ4v) is 2.95. The molecule has 3 aromatic rings. The Morgan fingerprint density at radius 1 is 1.23 bits per heavy atom. The Hall–Kier alpha value is -2.52. The number of ether oxygens (including phenoxy) is 1. The Morgan fingerprint density at radius 2 is 1.95 bits per heavy atom. The Kier molecular flexibility index (Phi) is 3.73. The molecule has 22 heavy (non-hydrogen) atoms. The van der Waals surface area contributed by atoms with Crippen LogP contribution in [-0.2, 0) is 6.42 Å². The zero-order valence-corrected chi connectivity index (χ0v) is 13.4. The first-order chi connectivity index (χ1) is 10.6. The van der Waals surface area contributed by atoms with Crippen LogP contribution in [0.3, 0.4) is 0 Å². The lowest BCUT2D eigenvalue weighted by Crippen LogP contribution is -1.99. The molecule has 0 amide bonds. The predicted molar refractivity (Wildman–Crippen MR) is 85.3 cm³/mol. The number of hydrogen-bond donors (Lipinski definition) is 0. The maximum atomic E-state index is 9.03. The molecule has 0 aliphatic carbocycles. The van der Waals surface area contributed by atoms with Gasteiger partial charge in [-0.1, -0.05) is 6.92 Å². The minimum atomic E-state index is 0.471. The highest BCUT2D eigenvalue weighted by atomic mass is 32.1. The summed E-state index contributed by atoms with van der Waals surface area (Å²) in [5.41, 5.74) is 4.83. The second-order valence-corrected chi connectivity index (χ2v) is 5.79. The number of fused-ring (bicyclic) bond motifs is 1. The number of nitrogens with zero attached hydrogens (tertiary/aromatic N) is 4. The van der Waals surface area contributed by atoms with Gasteiger partial charge in [0.1, 0.15) is 11.6 Å². The molecule has 0 unspecified atom stereocenters. The van der Waals surface area contributed by atoms with Crippen molar-refractivity contribution in [2.24, 2.45) is 0 Å². The number of aryl methyl sites for hydroxylation is 3. The van der Waals surface area contributed by atoms with Crippen molar-refractivity contribution >= 4 is 21.7 Å². The Labute approximate surface area is 132 Å². The minimum absolute atomic E-state index is 0.471. The molecule has 0 bridgehead atoms. The van der Waals surface area contributed by atoms with Crippen LogP contribution < -0.4 is 4.74 Å². The minimum Gasteiger partial charge on any atom is -0.436 e. The summed E-state index contributed by atoms with van der Waals surface area (Å²) in [6.07, 6.45) is 0.732. The summed E-state index contributed by atoms with van der Waals surface area (Å²) in [6.45, 7) is 5.84. The summed E-state index contributed by atoms with van der Waals surface area (Å²) in [6, 6.07) is 5.77. The summed E-state index contributed by atoms with van der Waals surface area (Å²) in [5.74, 6) is 1.92. The van der Waals surface area contributed by atoms with Gasteiger partial charge in [-0.15, -0.1) is 11.3 Å². The summed E-state index contributed by atoms with van der Waals surface area (Å²) < 4.78 is 6.04. The van der Waals surface area contributed by atoms with Gasteiger partial charge in [0.05, 0.1) is 17.1 Å². The number of thiazole rings is 1. The van der Waals surface area contributed by atoms with Gasteiger partial charge in [0, 0.05) is 6.42 Å². The number of benzene rings is 1. The molecule has 5 nitrogen and oxygen atoms in total. The average Bonchev–Trinajstić information content (AvgIpc) is 2.98. The van der Waals surface area contributed by atoms with Crippen molar-refractivity contribution in [3.63, 3.8) is 0 Å². The topological polar surface area (TPSA) is 71.7 Å². The van der Waals surface area contributed by atoms with E-state index in [-0.39, 0.29) is 0 Å². The van der Waals surface area contributed by atoms with Crippen molar-refractivity contribution in [1.29, 1.82) is 5.26 Å². The molecule has 0 saturated heterocycles. The van der Waals surface area contributed by atoms with Crippen LogP contribution in [0.4, 0.5) is 0 Å².